The summed E-state index contributed by atoms with van der Waals surface area (Å²) in [5.74, 6) is 1.08. The van der Waals surface area contributed by atoms with Crippen LogP contribution in [0.4, 0.5) is 0 Å². The minimum absolute atomic E-state index is 0.121. The first-order valence-electron chi connectivity index (χ1n) is 4.52. The topological polar surface area (TPSA) is 51.8 Å². The first kappa shape index (κ1) is 10.1. The molecule has 1 aromatic heterocycles. The molecular weight excluding hydrogens is 162 g/mol. The van der Waals surface area contributed by atoms with Crippen molar-refractivity contribution in [3.8, 4) is 0 Å². The van der Waals surface area contributed by atoms with Crippen molar-refractivity contribution >= 4 is 0 Å². The predicted molar refractivity (Wildman–Crippen MR) is 53.3 cm³/mol. The van der Waals surface area contributed by atoms with E-state index in [0.29, 0.717) is 6.54 Å². The molecule has 0 aliphatic rings. The molecule has 1 aromatic rings. The first-order valence-corrected chi connectivity index (χ1v) is 4.52. The summed E-state index contributed by atoms with van der Waals surface area (Å²) in [6.45, 7) is 7.05. The minimum Gasteiger partial charge on any atom is -0.330 e. The molecule has 0 radical (unpaired) electrons. The van der Waals surface area contributed by atoms with Crippen LogP contribution in [-0.2, 0) is 0 Å². The zero-order valence-electron chi connectivity index (χ0n) is 8.49. The van der Waals surface area contributed by atoms with Crippen LogP contribution < -0.4 is 5.73 Å². The Morgan fingerprint density at radius 3 is 2.23 bits per heavy atom. The highest BCUT2D eigenvalue weighted by molar-refractivity contribution is 5.02. The third kappa shape index (κ3) is 2.49. The molecule has 3 heteroatoms. The molecule has 0 aromatic carbocycles. The molecule has 1 atom stereocenters. The molecule has 1 heterocycles. The van der Waals surface area contributed by atoms with Gasteiger partial charge in [0.15, 0.2) is 0 Å². The summed E-state index contributed by atoms with van der Waals surface area (Å²) in [5, 5.41) is 0. The van der Waals surface area contributed by atoms with Gasteiger partial charge in [0.05, 0.1) is 0 Å². The molecule has 3 nitrogen and oxygen atoms in total. The van der Waals surface area contributed by atoms with E-state index >= 15 is 0 Å². The Balaban J connectivity index is 2.92. The highest BCUT2D eigenvalue weighted by Crippen LogP contribution is 2.31. The van der Waals surface area contributed by atoms with Crippen LogP contribution >= 0.6 is 0 Å². The molecule has 0 amide bonds. The number of nitrogens with two attached hydrogens (primary N) is 1. The average Bonchev–Trinajstić information content (AvgIpc) is 2.05. The molecule has 0 spiro atoms. The molecule has 72 valence electrons. The van der Waals surface area contributed by atoms with Crippen molar-refractivity contribution in [2.75, 3.05) is 6.54 Å². The molecule has 2 N–H and O–H groups in total. The maximum absolute atomic E-state index is 5.71. The van der Waals surface area contributed by atoms with Gasteiger partial charge in [-0.3, -0.25) is 0 Å². The van der Waals surface area contributed by atoms with Crippen molar-refractivity contribution in [3.63, 3.8) is 0 Å². The van der Waals surface area contributed by atoms with E-state index in [2.05, 4.69) is 30.7 Å². The maximum Gasteiger partial charge on any atom is 0.133 e. The summed E-state index contributed by atoms with van der Waals surface area (Å²) >= 11 is 0. The lowest BCUT2D eigenvalue weighted by molar-refractivity contribution is 0.314. The van der Waals surface area contributed by atoms with Crippen molar-refractivity contribution in [1.82, 2.24) is 9.97 Å². The van der Waals surface area contributed by atoms with Gasteiger partial charge in [0.1, 0.15) is 5.82 Å². The molecule has 0 aliphatic heterocycles. The standard InChI is InChI=1S/C10H17N3/c1-10(2,3)8(7-11)9-12-5-4-6-13-9/h4-6,8H,7,11H2,1-3H3. The summed E-state index contributed by atoms with van der Waals surface area (Å²) in [6, 6.07) is 1.82. The van der Waals surface area contributed by atoms with Gasteiger partial charge in [-0.25, -0.2) is 9.97 Å². The fourth-order valence-corrected chi connectivity index (χ4v) is 1.34. The fourth-order valence-electron chi connectivity index (χ4n) is 1.34. The van der Waals surface area contributed by atoms with Crippen molar-refractivity contribution in [3.05, 3.63) is 24.3 Å². The quantitative estimate of drug-likeness (QED) is 0.749. The Morgan fingerprint density at radius 2 is 1.85 bits per heavy atom. The van der Waals surface area contributed by atoms with Crippen LogP contribution in [0.15, 0.2) is 18.5 Å². The van der Waals surface area contributed by atoms with Crippen molar-refractivity contribution in [2.45, 2.75) is 26.7 Å². The Kier molecular flexibility index (Phi) is 2.98. The number of aromatic nitrogens is 2. The van der Waals surface area contributed by atoms with Crippen LogP contribution in [0.2, 0.25) is 0 Å². The number of nitrogens with zero attached hydrogens (tertiary/aromatic N) is 2. The van der Waals surface area contributed by atoms with Gasteiger partial charge < -0.3 is 5.73 Å². The van der Waals surface area contributed by atoms with E-state index in [1.807, 2.05) is 6.07 Å². The fraction of sp³-hybridized carbons (Fsp3) is 0.600. The summed E-state index contributed by atoms with van der Waals surface area (Å²) in [5.41, 5.74) is 5.83. The monoisotopic (exact) mass is 179 g/mol. The lowest BCUT2D eigenvalue weighted by Crippen LogP contribution is -2.27. The molecule has 0 saturated carbocycles. The molecule has 0 bridgehead atoms. The van der Waals surface area contributed by atoms with Crippen molar-refractivity contribution in [2.24, 2.45) is 11.1 Å². The van der Waals surface area contributed by atoms with Crippen LogP contribution in [0.1, 0.15) is 32.5 Å². The van der Waals surface area contributed by atoms with Gasteiger partial charge in [-0.05, 0) is 11.5 Å². The SMILES string of the molecule is CC(C)(C)C(CN)c1ncccn1. The van der Waals surface area contributed by atoms with Crippen molar-refractivity contribution < 1.29 is 0 Å². The van der Waals surface area contributed by atoms with Gasteiger partial charge in [0, 0.05) is 24.9 Å². The van der Waals surface area contributed by atoms with Gasteiger partial charge in [-0.1, -0.05) is 20.8 Å². The third-order valence-electron chi connectivity index (χ3n) is 2.18. The number of hydrogen-bond donors (Lipinski definition) is 1. The van der Waals surface area contributed by atoms with Crippen LogP contribution in [0.5, 0.6) is 0 Å². The van der Waals surface area contributed by atoms with E-state index in [1.54, 1.807) is 12.4 Å². The molecule has 1 rings (SSSR count). The van der Waals surface area contributed by atoms with Crippen LogP contribution in [0.3, 0.4) is 0 Å². The summed E-state index contributed by atoms with van der Waals surface area (Å²) in [6.07, 6.45) is 3.52. The zero-order valence-corrected chi connectivity index (χ0v) is 8.49. The lowest BCUT2D eigenvalue weighted by Gasteiger charge is -2.27. The Hall–Kier alpha value is -0.960. The molecule has 0 aliphatic carbocycles. The Bertz CT molecular complexity index is 251. The van der Waals surface area contributed by atoms with Crippen LogP contribution in [-0.4, -0.2) is 16.5 Å². The highest BCUT2D eigenvalue weighted by atomic mass is 14.9. The summed E-state index contributed by atoms with van der Waals surface area (Å²) in [4.78, 5) is 8.45. The highest BCUT2D eigenvalue weighted by Gasteiger charge is 2.26. The number of hydrogen-bond acceptors (Lipinski definition) is 3. The van der Waals surface area contributed by atoms with E-state index in [0.717, 1.165) is 5.82 Å². The van der Waals surface area contributed by atoms with E-state index in [4.69, 9.17) is 5.73 Å². The predicted octanol–water partition coefficient (Wildman–Crippen LogP) is 1.56. The molecule has 0 fully saturated rings. The van der Waals surface area contributed by atoms with Gasteiger partial charge in [-0.2, -0.15) is 0 Å². The van der Waals surface area contributed by atoms with E-state index < -0.39 is 0 Å². The lowest BCUT2D eigenvalue weighted by atomic mass is 9.80. The Labute approximate surface area is 79.4 Å². The van der Waals surface area contributed by atoms with Crippen LogP contribution in [0.25, 0.3) is 0 Å². The van der Waals surface area contributed by atoms with E-state index in [9.17, 15) is 0 Å². The first-order chi connectivity index (χ1) is 6.05. The van der Waals surface area contributed by atoms with Gasteiger partial charge in [-0.15, -0.1) is 0 Å². The van der Waals surface area contributed by atoms with Gasteiger partial charge >= 0.3 is 0 Å². The van der Waals surface area contributed by atoms with Crippen molar-refractivity contribution in [1.29, 1.82) is 0 Å². The smallest absolute Gasteiger partial charge is 0.133 e. The van der Waals surface area contributed by atoms with Gasteiger partial charge in [0.25, 0.3) is 0 Å². The second-order valence-electron chi connectivity index (χ2n) is 4.26. The Morgan fingerprint density at radius 1 is 1.31 bits per heavy atom. The second kappa shape index (κ2) is 3.83. The van der Waals surface area contributed by atoms with E-state index in [1.165, 1.54) is 0 Å². The molecule has 1 unspecified atom stereocenters. The summed E-state index contributed by atoms with van der Waals surface area (Å²) < 4.78 is 0. The van der Waals surface area contributed by atoms with Crippen LogP contribution in [0, 0.1) is 5.41 Å². The number of rotatable bonds is 2. The molecular formula is C10H17N3. The second-order valence-corrected chi connectivity index (χ2v) is 4.26. The normalized spacial score (nSPS) is 14.2. The third-order valence-corrected chi connectivity index (χ3v) is 2.18. The largest absolute Gasteiger partial charge is 0.330 e. The minimum atomic E-state index is 0.121. The average molecular weight is 179 g/mol. The van der Waals surface area contributed by atoms with E-state index in [-0.39, 0.29) is 11.3 Å². The van der Waals surface area contributed by atoms with Gasteiger partial charge in [0.2, 0.25) is 0 Å². The zero-order chi connectivity index (χ0) is 9.90. The summed E-state index contributed by atoms with van der Waals surface area (Å²) in [7, 11) is 0. The maximum atomic E-state index is 5.71. The molecule has 0 saturated heterocycles. The molecule has 13 heavy (non-hydrogen) atoms.